The molecule has 4 nitrogen and oxygen atoms in total. The van der Waals surface area contributed by atoms with Gasteiger partial charge in [-0.05, 0) is 67.9 Å². The monoisotopic (exact) mass is 388 g/mol. The number of hydrogen-bond donors (Lipinski definition) is 1. The second-order valence-corrected chi connectivity index (χ2v) is 8.79. The molecule has 2 heterocycles. The third kappa shape index (κ3) is 2.41. The number of nitrogens with zero attached hydrogens (tertiary/aromatic N) is 1. The molecular formula is C25H28N2O2. The average molecular weight is 389 g/mol. The first kappa shape index (κ1) is 18.3. The van der Waals surface area contributed by atoms with E-state index in [1.165, 1.54) is 22.3 Å². The van der Waals surface area contributed by atoms with Crippen LogP contribution in [0.4, 0.5) is 10.5 Å². The molecule has 1 N–H and O–H groups in total. The maximum absolute atomic E-state index is 13.3. The summed E-state index contributed by atoms with van der Waals surface area (Å²) in [6.45, 7) is 9.82. The van der Waals surface area contributed by atoms with Gasteiger partial charge in [0.15, 0.2) is 0 Å². The standard InChI is InChI=1S/C25H28N2O2/c1-17-14-18(2)22-21(15-17)26-25-11-7-8-19(3)24(22,25)12-13-27(25)23(28)29-16-20-9-5-4-6-10-20/h4-6,9-10,14-15,26H,3,7-8,11-13,16H2,1-2H3/t24-,25+/m0/s1. The van der Waals surface area contributed by atoms with E-state index in [-0.39, 0.29) is 11.5 Å². The number of nitrogens with one attached hydrogen (secondary N) is 1. The molecule has 2 atom stereocenters. The highest BCUT2D eigenvalue weighted by atomic mass is 16.6. The lowest BCUT2D eigenvalue weighted by molar-refractivity contribution is 0.0547. The number of amides is 1. The molecule has 0 aromatic heterocycles. The van der Waals surface area contributed by atoms with Crippen LogP contribution in [-0.4, -0.2) is 23.2 Å². The van der Waals surface area contributed by atoms with E-state index in [2.05, 4.69) is 37.9 Å². The van der Waals surface area contributed by atoms with E-state index in [0.717, 1.165) is 36.9 Å². The van der Waals surface area contributed by atoms with Gasteiger partial charge in [-0.3, -0.25) is 4.90 Å². The lowest BCUT2D eigenvalue weighted by atomic mass is 9.61. The first-order valence-corrected chi connectivity index (χ1v) is 10.5. The molecule has 0 radical (unpaired) electrons. The molecule has 1 aliphatic carbocycles. The molecule has 2 aromatic rings. The van der Waals surface area contributed by atoms with E-state index in [1.807, 2.05) is 35.2 Å². The maximum Gasteiger partial charge on any atom is 0.412 e. The van der Waals surface area contributed by atoms with Crippen molar-refractivity contribution in [2.75, 3.05) is 11.9 Å². The van der Waals surface area contributed by atoms with Crippen LogP contribution >= 0.6 is 0 Å². The topological polar surface area (TPSA) is 41.6 Å². The zero-order valence-electron chi connectivity index (χ0n) is 17.3. The Kier molecular flexibility index (Phi) is 4.02. The van der Waals surface area contributed by atoms with Gasteiger partial charge < -0.3 is 10.1 Å². The van der Waals surface area contributed by atoms with Crippen molar-refractivity contribution in [1.82, 2.24) is 4.90 Å². The number of aryl methyl sites for hydroxylation is 2. The summed E-state index contributed by atoms with van der Waals surface area (Å²) in [5.41, 5.74) is 6.60. The fourth-order valence-corrected chi connectivity index (χ4v) is 6.14. The third-order valence-electron chi connectivity index (χ3n) is 7.17. The van der Waals surface area contributed by atoms with E-state index in [9.17, 15) is 4.79 Å². The normalized spacial score (nSPS) is 27.1. The Balaban J connectivity index is 1.52. The third-order valence-corrected chi connectivity index (χ3v) is 7.17. The van der Waals surface area contributed by atoms with Gasteiger partial charge in [-0.1, -0.05) is 48.6 Å². The van der Waals surface area contributed by atoms with E-state index < -0.39 is 5.66 Å². The Morgan fingerprint density at radius 1 is 1.21 bits per heavy atom. The Morgan fingerprint density at radius 2 is 2.00 bits per heavy atom. The minimum absolute atomic E-state index is 0.218. The summed E-state index contributed by atoms with van der Waals surface area (Å²) < 4.78 is 5.77. The predicted molar refractivity (Wildman–Crippen MR) is 115 cm³/mol. The van der Waals surface area contributed by atoms with Crippen molar-refractivity contribution in [3.63, 3.8) is 0 Å². The van der Waals surface area contributed by atoms with Gasteiger partial charge in [0.1, 0.15) is 12.3 Å². The van der Waals surface area contributed by atoms with Crippen LogP contribution in [0.2, 0.25) is 0 Å². The van der Waals surface area contributed by atoms with Gasteiger partial charge in [0.05, 0.1) is 5.41 Å². The number of likely N-dealkylation sites (tertiary alicyclic amines) is 1. The molecule has 1 saturated carbocycles. The second-order valence-electron chi connectivity index (χ2n) is 8.79. The molecule has 150 valence electrons. The van der Waals surface area contributed by atoms with E-state index in [4.69, 9.17) is 4.74 Å². The number of fused-ring (bicyclic) bond motifs is 1. The molecule has 4 heteroatoms. The first-order valence-electron chi connectivity index (χ1n) is 10.5. The van der Waals surface area contributed by atoms with Gasteiger partial charge in [-0.25, -0.2) is 4.79 Å². The largest absolute Gasteiger partial charge is 0.444 e. The Bertz CT molecular complexity index is 999. The summed E-state index contributed by atoms with van der Waals surface area (Å²) >= 11 is 0. The highest BCUT2D eigenvalue weighted by Gasteiger charge is 2.68. The zero-order chi connectivity index (χ0) is 20.2. The number of benzene rings is 2. The molecule has 0 unspecified atom stereocenters. The summed E-state index contributed by atoms with van der Waals surface area (Å²) in [6.07, 6.45) is 3.63. The predicted octanol–water partition coefficient (Wildman–Crippen LogP) is 5.45. The number of ether oxygens (including phenoxy) is 1. The van der Waals surface area contributed by atoms with Crippen molar-refractivity contribution in [2.24, 2.45) is 0 Å². The van der Waals surface area contributed by atoms with Crippen molar-refractivity contribution in [3.05, 3.63) is 76.9 Å². The number of anilines is 1. The number of hydrogen-bond acceptors (Lipinski definition) is 3. The van der Waals surface area contributed by atoms with Crippen LogP contribution in [0.15, 0.2) is 54.6 Å². The Hall–Kier alpha value is -2.75. The molecule has 3 aliphatic rings. The van der Waals surface area contributed by atoms with Crippen LogP contribution < -0.4 is 5.32 Å². The molecule has 1 amide bonds. The van der Waals surface area contributed by atoms with Crippen molar-refractivity contribution < 1.29 is 9.53 Å². The van der Waals surface area contributed by atoms with Gasteiger partial charge in [0, 0.05) is 12.2 Å². The van der Waals surface area contributed by atoms with Crippen molar-refractivity contribution in [2.45, 2.75) is 57.2 Å². The van der Waals surface area contributed by atoms with E-state index in [1.54, 1.807) is 0 Å². The van der Waals surface area contributed by atoms with Crippen LogP contribution in [0.25, 0.3) is 0 Å². The fourth-order valence-electron chi connectivity index (χ4n) is 6.14. The molecule has 2 aliphatic heterocycles. The van der Waals surface area contributed by atoms with Gasteiger partial charge in [0.2, 0.25) is 0 Å². The first-order chi connectivity index (χ1) is 14.0. The summed E-state index contributed by atoms with van der Waals surface area (Å²) in [6, 6.07) is 14.3. The summed E-state index contributed by atoms with van der Waals surface area (Å²) in [5, 5.41) is 3.81. The van der Waals surface area contributed by atoms with Crippen LogP contribution in [0, 0.1) is 13.8 Å². The van der Waals surface area contributed by atoms with Gasteiger partial charge in [-0.2, -0.15) is 0 Å². The molecule has 1 saturated heterocycles. The minimum Gasteiger partial charge on any atom is -0.444 e. The molecule has 0 spiro atoms. The van der Waals surface area contributed by atoms with Crippen LogP contribution in [0.3, 0.4) is 0 Å². The van der Waals surface area contributed by atoms with Gasteiger partial charge >= 0.3 is 6.09 Å². The summed E-state index contributed by atoms with van der Waals surface area (Å²) in [4.78, 5) is 15.2. The lowest BCUT2D eigenvalue weighted by Gasteiger charge is -2.49. The minimum atomic E-state index is -0.461. The second kappa shape index (κ2) is 6.38. The van der Waals surface area contributed by atoms with Crippen molar-refractivity contribution in [3.8, 4) is 0 Å². The molecular weight excluding hydrogens is 360 g/mol. The van der Waals surface area contributed by atoms with Crippen LogP contribution in [-0.2, 0) is 16.8 Å². The highest BCUT2D eigenvalue weighted by Crippen LogP contribution is 2.64. The fraction of sp³-hybridized carbons (Fsp3) is 0.400. The highest BCUT2D eigenvalue weighted by molar-refractivity contribution is 5.78. The zero-order valence-corrected chi connectivity index (χ0v) is 17.3. The van der Waals surface area contributed by atoms with Crippen LogP contribution in [0.5, 0.6) is 0 Å². The van der Waals surface area contributed by atoms with Crippen LogP contribution in [0.1, 0.15) is 47.9 Å². The maximum atomic E-state index is 13.3. The number of carbonyl (C=O) groups is 1. The van der Waals surface area contributed by atoms with Crippen molar-refractivity contribution in [1.29, 1.82) is 0 Å². The molecule has 29 heavy (non-hydrogen) atoms. The molecule has 2 fully saturated rings. The van der Waals surface area contributed by atoms with Gasteiger partial charge in [-0.15, -0.1) is 0 Å². The number of carbonyl (C=O) groups excluding carboxylic acids is 1. The molecule has 2 aromatic carbocycles. The molecule has 0 bridgehead atoms. The SMILES string of the molecule is C=C1CCC[C@]23Nc4cc(C)cc(C)c4[C@]12CCN3C(=O)OCc1ccccc1. The van der Waals surface area contributed by atoms with E-state index in [0.29, 0.717) is 13.2 Å². The summed E-state index contributed by atoms with van der Waals surface area (Å²) in [5.74, 6) is 0. The quantitative estimate of drug-likeness (QED) is 0.696. The summed E-state index contributed by atoms with van der Waals surface area (Å²) in [7, 11) is 0. The van der Waals surface area contributed by atoms with E-state index >= 15 is 0 Å². The smallest absolute Gasteiger partial charge is 0.412 e. The lowest BCUT2D eigenvalue weighted by Crippen LogP contribution is -2.61. The number of rotatable bonds is 2. The average Bonchev–Trinajstić information content (AvgIpc) is 3.18. The Labute approximate surface area is 172 Å². The van der Waals surface area contributed by atoms with Gasteiger partial charge in [0.25, 0.3) is 0 Å². The van der Waals surface area contributed by atoms with Crippen molar-refractivity contribution >= 4 is 11.8 Å². The Morgan fingerprint density at radius 3 is 2.79 bits per heavy atom. The molecule has 5 rings (SSSR count).